The summed E-state index contributed by atoms with van der Waals surface area (Å²) < 4.78 is 0.617. The van der Waals surface area contributed by atoms with Gasteiger partial charge in [-0.1, -0.05) is 30.3 Å². The summed E-state index contributed by atoms with van der Waals surface area (Å²) in [6.45, 7) is -0.210. The van der Waals surface area contributed by atoms with Crippen molar-refractivity contribution in [1.82, 2.24) is 4.73 Å². The molecule has 0 aliphatic heterocycles. The van der Waals surface area contributed by atoms with Crippen LogP contribution in [0, 0.1) is 0 Å². The van der Waals surface area contributed by atoms with Crippen LogP contribution in [0.2, 0.25) is 0 Å². The van der Waals surface area contributed by atoms with Crippen molar-refractivity contribution in [1.29, 1.82) is 0 Å². The van der Waals surface area contributed by atoms with E-state index in [-0.39, 0.29) is 6.61 Å². The Morgan fingerprint density at radius 1 is 1.06 bits per heavy atom. The molecule has 2 N–H and O–H groups in total. The van der Waals surface area contributed by atoms with Crippen molar-refractivity contribution in [3.05, 3.63) is 69.6 Å². The molecule has 0 bridgehead atoms. The van der Waals surface area contributed by atoms with Gasteiger partial charge in [0.1, 0.15) is 0 Å². The van der Waals surface area contributed by atoms with Crippen molar-refractivity contribution >= 4 is 0 Å². The predicted molar refractivity (Wildman–Crippen MR) is 63.1 cm³/mol. The number of pyridine rings is 1. The monoisotopic (exact) mass is 231 g/mol. The van der Waals surface area contributed by atoms with Crippen LogP contribution in [0.4, 0.5) is 0 Å². The molecule has 0 saturated heterocycles. The van der Waals surface area contributed by atoms with Gasteiger partial charge in [-0.05, 0) is 17.2 Å². The highest BCUT2D eigenvalue weighted by molar-refractivity contribution is 5.24. The van der Waals surface area contributed by atoms with E-state index in [1.54, 1.807) is 6.07 Å². The molecule has 0 radical (unpaired) electrons. The molecule has 0 amide bonds. The van der Waals surface area contributed by atoms with Gasteiger partial charge in [-0.3, -0.25) is 4.79 Å². The van der Waals surface area contributed by atoms with Crippen LogP contribution in [0.15, 0.2) is 47.3 Å². The van der Waals surface area contributed by atoms with E-state index in [1.807, 2.05) is 30.3 Å². The first-order chi connectivity index (χ1) is 8.20. The lowest BCUT2D eigenvalue weighted by molar-refractivity contribution is 0.165. The van der Waals surface area contributed by atoms with Crippen molar-refractivity contribution in [3.8, 4) is 0 Å². The maximum Gasteiger partial charge on any atom is 0.283 e. The van der Waals surface area contributed by atoms with Gasteiger partial charge in [-0.25, -0.2) is 0 Å². The van der Waals surface area contributed by atoms with Crippen LogP contribution in [0.3, 0.4) is 0 Å². The van der Waals surface area contributed by atoms with Crippen LogP contribution in [0.25, 0.3) is 0 Å². The Balaban J connectivity index is 2.39. The Hall–Kier alpha value is -2.07. The maximum absolute atomic E-state index is 11.4. The van der Waals surface area contributed by atoms with Gasteiger partial charge in [0.25, 0.3) is 5.56 Å². The van der Waals surface area contributed by atoms with Gasteiger partial charge in [0.15, 0.2) is 0 Å². The molecule has 88 valence electrons. The Bertz CT molecular complexity index is 561. The zero-order chi connectivity index (χ0) is 12.3. The third-order valence-corrected chi connectivity index (χ3v) is 2.55. The molecule has 1 aromatic carbocycles. The second kappa shape index (κ2) is 4.84. The van der Waals surface area contributed by atoms with E-state index in [0.29, 0.717) is 22.4 Å². The number of aromatic nitrogens is 1. The molecule has 2 aromatic rings. The molecule has 17 heavy (non-hydrogen) atoms. The van der Waals surface area contributed by atoms with E-state index >= 15 is 0 Å². The molecule has 1 aromatic heterocycles. The summed E-state index contributed by atoms with van der Waals surface area (Å²) in [6.07, 6.45) is 0.445. The van der Waals surface area contributed by atoms with E-state index in [4.69, 9.17) is 5.11 Å². The van der Waals surface area contributed by atoms with Gasteiger partial charge in [0, 0.05) is 12.5 Å². The number of hydrogen-bond acceptors (Lipinski definition) is 3. The molecule has 2 rings (SSSR count). The summed E-state index contributed by atoms with van der Waals surface area (Å²) in [5.74, 6) is 0. The number of aliphatic hydroxyl groups excluding tert-OH is 1. The highest BCUT2D eigenvalue weighted by Gasteiger charge is 2.06. The smallest absolute Gasteiger partial charge is 0.283 e. The average molecular weight is 231 g/mol. The largest absolute Gasteiger partial charge is 0.425 e. The van der Waals surface area contributed by atoms with Gasteiger partial charge in [-0.2, -0.15) is 4.73 Å². The van der Waals surface area contributed by atoms with Crippen LogP contribution in [-0.2, 0) is 13.0 Å². The van der Waals surface area contributed by atoms with Gasteiger partial charge >= 0.3 is 0 Å². The van der Waals surface area contributed by atoms with Gasteiger partial charge in [0.05, 0.1) is 12.3 Å². The first-order valence-corrected chi connectivity index (χ1v) is 5.29. The highest BCUT2D eigenvalue weighted by atomic mass is 16.5. The molecule has 0 spiro atoms. The number of rotatable bonds is 3. The van der Waals surface area contributed by atoms with Gasteiger partial charge < -0.3 is 10.3 Å². The molecule has 0 aliphatic carbocycles. The van der Waals surface area contributed by atoms with Crippen molar-refractivity contribution < 1.29 is 10.3 Å². The molecule has 0 atom stereocenters. The first-order valence-electron chi connectivity index (χ1n) is 5.29. The molecule has 4 heteroatoms. The van der Waals surface area contributed by atoms with E-state index in [9.17, 15) is 10.0 Å². The summed E-state index contributed by atoms with van der Waals surface area (Å²) in [5.41, 5.74) is 1.44. The zero-order valence-electron chi connectivity index (χ0n) is 9.21. The topological polar surface area (TPSA) is 62.5 Å². The molecule has 0 aliphatic rings. The lowest BCUT2D eigenvalue weighted by Gasteiger charge is -2.08. The quantitative estimate of drug-likeness (QED) is 0.779. The van der Waals surface area contributed by atoms with Crippen molar-refractivity contribution in [3.63, 3.8) is 0 Å². The summed E-state index contributed by atoms with van der Waals surface area (Å²) in [4.78, 5) is 11.4. The van der Waals surface area contributed by atoms with E-state index in [1.165, 1.54) is 6.07 Å². The lowest BCUT2D eigenvalue weighted by atomic mass is 10.1. The normalized spacial score (nSPS) is 10.4. The first kappa shape index (κ1) is 11.4. The van der Waals surface area contributed by atoms with Gasteiger partial charge in [-0.15, -0.1) is 0 Å². The number of benzene rings is 1. The Morgan fingerprint density at radius 3 is 2.41 bits per heavy atom. The van der Waals surface area contributed by atoms with E-state index in [0.717, 1.165) is 5.56 Å². The molecule has 0 fully saturated rings. The summed E-state index contributed by atoms with van der Waals surface area (Å²) in [6, 6.07) is 12.4. The minimum absolute atomic E-state index is 0.210. The fourth-order valence-electron chi connectivity index (χ4n) is 1.70. The minimum Gasteiger partial charge on any atom is -0.425 e. The summed E-state index contributed by atoms with van der Waals surface area (Å²) in [7, 11) is 0. The summed E-state index contributed by atoms with van der Waals surface area (Å²) >= 11 is 0. The lowest BCUT2D eigenvalue weighted by Crippen LogP contribution is -2.21. The second-order valence-corrected chi connectivity index (χ2v) is 3.83. The van der Waals surface area contributed by atoms with Crippen LogP contribution in [-0.4, -0.2) is 15.0 Å². The zero-order valence-corrected chi connectivity index (χ0v) is 9.21. The average Bonchev–Trinajstić information content (AvgIpc) is 2.36. The highest BCUT2D eigenvalue weighted by Crippen LogP contribution is 2.09. The Kier molecular flexibility index (Phi) is 3.25. The van der Waals surface area contributed by atoms with E-state index < -0.39 is 5.56 Å². The summed E-state index contributed by atoms with van der Waals surface area (Å²) in [5, 5.41) is 18.6. The molecule has 0 unspecified atom stereocenters. The number of aliphatic hydroxyl groups is 1. The second-order valence-electron chi connectivity index (χ2n) is 3.83. The number of hydrogen-bond donors (Lipinski definition) is 2. The van der Waals surface area contributed by atoms with Crippen molar-refractivity contribution in [2.45, 2.75) is 13.0 Å². The SMILES string of the molecule is O=c1cc(CO)cc(Cc2ccccc2)n1O. The third-order valence-electron chi connectivity index (χ3n) is 2.55. The predicted octanol–water partition coefficient (Wildman–Crippen LogP) is 1.17. The molecule has 1 heterocycles. The molecular formula is C13H13NO3. The maximum atomic E-state index is 11.4. The van der Waals surface area contributed by atoms with Crippen molar-refractivity contribution in [2.24, 2.45) is 0 Å². The van der Waals surface area contributed by atoms with Gasteiger partial charge in [0.2, 0.25) is 0 Å². The van der Waals surface area contributed by atoms with Crippen LogP contribution < -0.4 is 5.56 Å². The molecule has 4 nitrogen and oxygen atoms in total. The molecule has 0 saturated carbocycles. The third kappa shape index (κ3) is 2.54. The fourth-order valence-corrected chi connectivity index (χ4v) is 1.70. The van der Waals surface area contributed by atoms with Crippen LogP contribution >= 0.6 is 0 Å². The number of nitrogens with zero attached hydrogens (tertiary/aromatic N) is 1. The minimum atomic E-state index is -0.525. The molecular weight excluding hydrogens is 218 g/mol. The van der Waals surface area contributed by atoms with Crippen LogP contribution in [0.5, 0.6) is 0 Å². The Labute approximate surface area is 98.4 Å². The van der Waals surface area contributed by atoms with E-state index in [2.05, 4.69) is 0 Å². The van der Waals surface area contributed by atoms with Crippen molar-refractivity contribution in [2.75, 3.05) is 0 Å². The standard InChI is InChI=1S/C13H13NO3/c15-9-11-7-12(14(17)13(16)8-11)6-10-4-2-1-3-5-10/h1-5,7-8,15,17H,6,9H2. The fraction of sp³-hybridized carbons (Fsp3) is 0.154. The van der Waals surface area contributed by atoms with Crippen LogP contribution in [0.1, 0.15) is 16.8 Å². The Morgan fingerprint density at radius 2 is 1.76 bits per heavy atom.